The molecule has 5 aromatic rings. The van der Waals surface area contributed by atoms with Gasteiger partial charge in [0.25, 0.3) is 0 Å². The van der Waals surface area contributed by atoms with E-state index in [1.54, 1.807) is 12.1 Å². The standard InChI is InChI=1S/C34H33NO6S.Na/c36-28-18-16-25(17-19-28)33(37)12-6-10-30(42(38,39)40)22-15-24-13-20-29(21-14-24)41-34(26-7-2-1-3-8-26)32-23-27-9-4-5-11-31(27)35-32;/h1-9,11-14,16-21,23,30,33-37H,10,15,22H2,(H,38,39,40);/q;+1/p-1/b12-6+;/t30-,33+,34+;/m0./s1. The van der Waals surface area contributed by atoms with Gasteiger partial charge in [0, 0.05) is 5.52 Å². The number of rotatable bonds is 12. The molecule has 0 aliphatic heterocycles. The largest absolute Gasteiger partial charge is 1.00 e. The smallest absolute Gasteiger partial charge is 0.748 e. The molecule has 9 heteroatoms. The molecule has 3 N–H and O–H groups in total. The van der Waals surface area contributed by atoms with Crippen molar-refractivity contribution in [1.29, 1.82) is 0 Å². The van der Waals surface area contributed by atoms with E-state index < -0.39 is 21.5 Å². The summed E-state index contributed by atoms with van der Waals surface area (Å²) < 4.78 is 42.3. The third-order valence-electron chi connectivity index (χ3n) is 7.23. The van der Waals surface area contributed by atoms with Crippen molar-refractivity contribution in [3.05, 3.63) is 144 Å². The van der Waals surface area contributed by atoms with E-state index in [0.717, 1.165) is 27.7 Å². The fourth-order valence-corrected chi connectivity index (χ4v) is 5.65. The van der Waals surface area contributed by atoms with Crippen LogP contribution in [0.1, 0.15) is 47.4 Å². The van der Waals surface area contributed by atoms with Crippen molar-refractivity contribution in [2.45, 2.75) is 36.7 Å². The Hall–Kier alpha value is -3.37. The van der Waals surface area contributed by atoms with Gasteiger partial charge in [-0.1, -0.05) is 84.9 Å². The van der Waals surface area contributed by atoms with Crippen LogP contribution in [0.25, 0.3) is 10.9 Å². The van der Waals surface area contributed by atoms with E-state index in [4.69, 9.17) is 4.74 Å². The van der Waals surface area contributed by atoms with Crippen LogP contribution in [0.2, 0.25) is 0 Å². The summed E-state index contributed by atoms with van der Waals surface area (Å²) in [5.74, 6) is 0.739. The number of allylic oxidation sites excluding steroid dienone is 1. The Morgan fingerprint density at radius 1 is 0.860 bits per heavy atom. The van der Waals surface area contributed by atoms with Crippen LogP contribution in [-0.4, -0.2) is 33.4 Å². The van der Waals surface area contributed by atoms with E-state index in [0.29, 0.717) is 17.7 Å². The van der Waals surface area contributed by atoms with Gasteiger partial charge in [-0.3, -0.25) is 0 Å². The summed E-state index contributed by atoms with van der Waals surface area (Å²) in [4.78, 5) is 3.47. The molecule has 0 saturated carbocycles. The van der Waals surface area contributed by atoms with E-state index in [9.17, 15) is 23.2 Å². The number of hydrogen-bond donors (Lipinski definition) is 3. The molecule has 3 atom stereocenters. The molecule has 0 fully saturated rings. The Kier molecular flexibility index (Phi) is 11.3. The van der Waals surface area contributed by atoms with E-state index in [1.165, 1.54) is 24.3 Å². The van der Waals surface area contributed by atoms with Crippen LogP contribution in [0.15, 0.2) is 121 Å². The number of fused-ring (bicyclic) bond motifs is 1. The first-order valence-corrected chi connectivity index (χ1v) is 15.2. The number of ether oxygens (including phenoxy) is 1. The Morgan fingerprint density at radius 3 is 2.21 bits per heavy atom. The molecule has 0 radical (unpaired) electrons. The minimum absolute atomic E-state index is 0. The van der Waals surface area contributed by atoms with Crippen LogP contribution in [-0.2, 0) is 16.5 Å². The molecule has 43 heavy (non-hydrogen) atoms. The maximum absolute atomic E-state index is 11.9. The first kappa shape index (κ1) is 32.5. The number of aryl methyl sites for hydroxylation is 1. The van der Waals surface area contributed by atoms with Gasteiger partial charge in [0.2, 0.25) is 0 Å². The molecular weight excluding hydrogens is 573 g/mol. The van der Waals surface area contributed by atoms with Crippen LogP contribution in [0.3, 0.4) is 0 Å². The molecule has 1 heterocycles. The van der Waals surface area contributed by atoms with Crippen molar-refractivity contribution in [3.8, 4) is 11.5 Å². The van der Waals surface area contributed by atoms with Crippen molar-refractivity contribution >= 4 is 21.0 Å². The Balaban J connectivity index is 0.00000423. The number of benzene rings is 4. The number of hydrogen-bond acceptors (Lipinski definition) is 6. The monoisotopic (exact) mass is 605 g/mol. The zero-order valence-electron chi connectivity index (χ0n) is 23.8. The average molecular weight is 606 g/mol. The molecule has 0 aliphatic carbocycles. The van der Waals surface area contributed by atoms with Crippen molar-refractivity contribution in [2.75, 3.05) is 0 Å². The van der Waals surface area contributed by atoms with E-state index in [1.807, 2.05) is 72.8 Å². The number of H-pyrrole nitrogens is 1. The van der Waals surface area contributed by atoms with Gasteiger partial charge in [-0.2, -0.15) is 0 Å². The van der Waals surface area contributed by atoms with Crippen LogP contribution >= 0.6 is 0 Å². The zero-order chi connectivity index (χ0) is 29.5. The summed E-state index contributed by atoms with van der Waals surface area (Å²) in [6.45, 7) is 0. The number of aliphatic hydroxyl groups is 1. The zero-order valence-corrected chi connectivity index (χ0v) is 26.7. The van der Waals surface area contributed by atoms with E-state index in [-0.39, 0.29) is 54.3 Å². The van der Waals surface area contributed by atoms with Gasteiger partial charge in [0.15, 0.2) is 6.10 Å². The summed E-state index contributed by atoms with van der Waals surface area (Å²) >= 11 is 0. The van der Waals surface area contributed by atoms with Crippen LogP contribution in [0.4, 0.5) is 0 Å². The number of phenolic OH excluding ortho intramolecular Hbond substituents is 1. The molecule has 0 aliphatic rings. The minimum atomic E-state index is -4.54. The predicted octanol–water partition coefficient (Wildman–Crippen LogP) is 3.57. The van der Waals surface area contributed by atoms with Crippen LogP contribution in [0, 0.1) is 0 Å². The van der Waals surface area contributed by atoms with Crippen molar-refractivity contribution in [1.82, 2.24) is 4.98 Å². The van der Waals surface area contributed by atoms with Gasteiger partial charge in [0.05, 0.1) is 27.2 Å². The third kappa shape index (κ3) is 8.83. The van der Waals surface area contributed by atoms with Gasteiger partial charge in [-0.15, -0.1) is 0 Å². The molecule has 7 nitrogen and oxygen atoms in total. The molecule has 0 bridgehead atoms. The van der Waals surface area contributed by atoms with Crippen LogP contribution < -0.4 is 34.3 Å². The average Bonchev–Trinajstić information content (AvgIpc) is 3.42. The van der Waals surface area contributed by atoms with Crippen LogP contribution in [0.5, 0.6) is 11.5 Å². The van der Waals surface area contributed by atoms with Gasteiger partial charge in [-0.05, 0) is 77.7 Å². The first-order valence-electron chi connectivity index (χ1n) is 13.7. The minimum Gasteiger partial charge on any atom is -0.748 e. The molecule has 0 saturated heterocycles. The number of aromatic amines is 1. The maximum Gasteiger partial charge on any atom is 1.00 e. The molecule has 0 amide bonds. The number of nitrogens with one attached hydrogen (secondary N) is 1. The molecule has 5 rings (SSSR count). The van der Waals surface area contributed by atoms with E-state index in [2.05, 4.69) is 17.1 Å². The number of aliphatic hydroxyl groups excluding tert-OH is 1. The van der Waals surface area contributed by atoms with Gasteiger partial charge >= 0.3 is 29.6 Å². The Labute approximate surface area is 273 Å². The molecular formula is C34H32NNaO6S. The molecule has 1 aromatic heterocycles. The van der Waals surface area contributed by atoms with Gasteiger partial charge in [0.1, 0.15) is 11.5 Å². The molecule has 4 aromatic carbocycles. The molecule has 0 spiro atoms. The third-order valence-corrected chi connectivity index (χ3v) is 8.47. The first-order chi connectivity index (χ1) is 20.3. The second-order valence-electron chi connectivity index (χ2n) is 10.2. The summed E-state index contributed by atoms with van der Waals surface area (Å²) in [6, 6.07) is 33.6. The summed E-state index contributed by atoms with van der Waals surface area (Å²) in [5, 5.41) is 19.7. The quantitative estimate of drug-likeness (QED) is 0.114. The summed E-state index contributed by atoms with van der Waals surface area (Å²) in [7, 11) is -4.54. The summed E-state index contributed by atoms with van der Waals surface area (Å²) in [5.41, 5.74) is 4.39. The topological polar surface area (TPSA) is 123 Å². The predicted molar refractivity (Wildman–Crippen MR) is 162 cm³/mol. The Bertz CT molecular complexity index is 1700. The van der Waals surface area contributed by atoms with Crippen molar-refractivity contribution in [3.63, 3.8) is 0 Å². The fraction of sp³-hybridized carbons (Fsp3) is 0.176. The van der Waals surface area contributed by atoms with Crippen molar-refractivity contribution in [2.24, 2.45) is 0 Å². The SMILES string of the molecule is O=S(=O)([O-])[C@@H](C/C=C/[C@@H](O)c1ccc(O)cc1)CCc1ccc(O[C@H](c2ccccc2)c2cc3ccccc3[nH]2)cc1.[Na+]. The molecule has 0 unspecified atom stereocenters. The second kappa shape index (κ2) is 14.9. The maximum atomic E-state index is 11.9. The summed E-state index contributed by atoms with van der Waals surface area (Å²) in [6.07, 6.45) is 2.17. The van der Waals surface area contributed by atoms with Crippen molar-refractivity contribution < 1.29 is 57.5 Å². The van der Waals surface area contributed by atoms with Gasteiger partial charge in [-0.25, -0.2) is 8.42 Å². The number of phenols is 1. The van der Waals surface area contributed by atoms with E-state index >= 15 is 0 Å². The number of para-hydroxylation sites is 1. The number of aromatic nitrogens is 1. The second-order valence-corrected chi connectivity index (χ2v) is 11.9. The molecule has 216 valence electrons. The fourth-order valence-electron chi connectivity index (χ4n) is 4.90. The normalized spacial score (nSPS) is 13.8. The Morgan fingerprint density at radius 2 is 1.53 bits per heavy atom. The number of aromatic hydroxyl groups is 1. The van der Waals surface area contributed by atoms with Gasteiger partial charge < -0.3 is 24.5 Å².